The third kappa shape index (κ3) is 1.63. The Morgan fingerprint density at radius 1 is 1.29 bits per heavy atom. The van der Waals surface area contributed by atoms with E-state index < -0.39 is 0 Å². The number of rotatable bonds is 0. The van der Waals surface area contributed by atoms with Crippen LogP contribution in [0.2, 0.25) is 10.0 Å². The van der Waals surface area contributed by atoms with Gasteiger partial charge in [0.15, 0.2) is 0 Å². The van der Waals surface area contributed by atoms with E-state index >= 15 is 0 Å². The zero-order valence-electron chi connectivity index (χ0n) is 7.27. The number of fused-ring (bicyclic) bond motifs is 1. The molecule has 0 atom stereocenters. The molecule has 0 bridgehead atoms. The number of hydrogen-bond donors (Lipinski definition) is 1. The van der Waals surface area contributed by atoms with E-state index in [4.69, 9.17) is 35.4 Å². The van der Waals surface area contributed by atoms with Crippen LogP contribution < -0.4 is 0 Å². The highest BCUT2D eigenvalue weighted by Crippen LogP contribution is 2.25. The summed E-state index contributed by atoms with van der Waals surface area (Å²) < 4.78 is 0.621. The molecule has 5 heteroatoms. The van der Waals surface area contributed by atoms with Gasteiger partial charge in [-0.3, -0.25) is 0 Å². The molecule has 0 amide bonds. The molecule has 0 spiro atoms. The normalized spacial score (nSPS) is 10.8. The maximum absolute atomic E-state index is 5.87. The summed E-state index contributed by atoms with van der Waals surface area (Å²) in [6, 6.07) is 3.44. The van der Waals surface area contributed by atoms with Gasteiger partial charge in [0.25, 0.3) is 0 Å². The molecule has 0 radical (unpaired) electrons. The van der Waals surface area contributed by atoms with E-state index in [1.807, 2.05) is 6.92 Å². The van der Waals surface area contributed by atoms with Crippen LogP contribution >= 0.6 is 35.4 Å². The first kappa shape index (κ1) is 9.90. The van der Waals surface area contributed by atoms with Crippen molar-refractivity contribution >= 4 is 46.5 Å². The molecule has 0 aliphatic rings. The van der Waals surface area contributed by atoms with Gasteiger partial charge in [0.2, 0.25) is 0 Å². The summed E-state index contributed by atoms with van der Waals surface area (Å²) in [6.07, 6.45) is 0. The summed E-state index contributed by atoms with van der Waals surface area (Å²) in [5.41, 5.74) is 2.35. The zero-order valence-corrected chi connectivity index (χ0v) is 9.59. The standard InChI is InChI=1S/C9H6Cl2N2S/c1-4-9(14)13-8-3-6(11)5(10)2-7(8)12-4/h2-3H,1H3,(H,13,14). The van der Waals surface area contributed by atoms with Crippen LogP contribution in [0.4, 0.5) is 0 Å². The van der Waals surface area contributed by atoms with Crippen molar-refractivity contribution < 1.29 is 0 Å². The average Bonchev–Trinajstić information content (AvgIpc) is 2.11. The number of hydrogen-bond acceptors (Lipinski definition) is 2. The summed E-state index contributed by atoms with van der Waals surface area (Å²) in [4.78, 5) is 7.33. The van der Waals surface area contributed by atoms with E-state index in [2.05, 4.69) is 9.97 Å². The minimum Gasteiger partial charge on any atom is -0.343 e. The molecule has 0 saturated carbocycles. The van der Waals surface area contributed by atoms with Crippen LogP contribution in [-0.2, 0) is 0 Å². The molecule has 2 nitrogen and oxygen atoms in total. The lowest BCUT2D eigenvalue weighted by molar-refractivity contribution is 1.16. The molecular formula is C9H6Cl2N2S. The molecule has 1 aromatic heterocycles. The first-order valence-electron chi connectivity index (χ1n) is 3.93. The van der Waals surface area contributed by atoms with Gasteiger partial charge in [-0.1, -0.05) is 35.4 Å². The number of aryl methyl sites for hydroxylation is 1. The minimum absolute atomic E-state index is 0.496. The maximum atomic E-state index is 5.87. The van der Waals surface area contributed by atoms with Gasteiger partial charge in [0.1, 0.15) is 4.64 Å². The smallest absolute Gasteiger partial charge is 0.125 e. The highest BCUT2D eigenvalue weighted by molar-refractivity contribution is 7.71. The van der Waals surface area contributed by atoms with Crippen molar-refractivity contribution in [3.05, 3.63) is 32.5 Å². The molecule has 0 fully saturated rings. The summed E-state index contributed by atoms with van der Waals surface area (Å²) in [5, 5.41) is 0.993. The Morgan fingerprint density at radius 2 is 1.93 bits per heavy atom. The number of nitrogens with one attached hydrogen (secondary N) is 1. The van der Waals surface area contributed by atoms with Crippen molar-refractivity contribution in [1.29, 1.82) is 0 Å². The van der Waals surface area contributed by atoms with Gasteiger partial charge < -0.3 is 4.98 Å². The fraction of sp³-hybridized carbons (Fsp3) is 0.111. The SMILES string of the molecule is Cc1nc2cc(Cl)c(Cl)cc2[nH]c1=S. The Hall–Kier alpha value is -0.640. The maximum Gasteiger partial charge on any atom is 0.125 e. The summed E-state index contributed by atoms with van der Waals surface area (Å²) in [6.45, 7) is 1.85. The van der Waals surface area contributed by atoms with Crippen LogP contribution in [0.1, 0.15) is 5.69 Å². The second kappa shape index (κ2) is 3.50. The summed E-state index contributed by atoms with van der Waals surface area (Å²) in [5.74, 6) is 0. The predicted octanol–water partition coefficient (Wildman–Crippen LogP) is 3.91. The van der Waals surface area contributed by atoms with Crippen molar-refractivity contribution in [3.63, 3.8) is 0 Å². The van der Waals surface area contributed by atoms with Gasteiger partial charge in [-0.05, 0) is 19.1 Å². The average molecular weight is 245 g/mol. The Bertz CT molecular complexity index is 562. The monoisotopic (exact) mass is 244 g/mol. The fourth-order valence-electron chi connectivity index (χ4n) is 1.17. The molecule has 2 aromatic rings. The van der Waals surface area contributed by atoms with Gasteiger partial charge in [0, 0.05) is 0 Å². The second-order valence-corrected chi connectivity index (χ2v) is 4.16. The van der Waals surface area contributed by atoms with E-state index in [1.165, 1.54) is 0 Å². The number of halogens is 2. The van der Waals surface area contributed by atoms with Gasteiger partial charge in [-0.25, -0.2) is 4.98 Å². The summed E-state index contributed by atoms with van der Waals surface area (Å²) >= 11 is 16.8. The zero-order chi connectivity index (χ0) is 10.3. The molecule has 72 valence electrons. The lowest BCUT2D eigenvalue weighted by Gasteiger charge is -2.01. The number of H-pyrrole nitrogens is 1. The predicted molar refractivity (Wildman–Crippen MR) is 61.7 cm³/mol. The highest BCUT2D eigenvalue weighted by atomic mass is 35.5. The lowest BCUT2D eigenvalue weighted by Crippen LogP contribution is -1.89. The minimum atomic E-state index is 0.496. The number of nitrogens with zero attached hydrogens (tertiary/aromatic N) is 1. The van der Waals surface area contributed by atoms with E-state index in [1.54, 1.807) is 12.1 Å². The van der Waals surface area contributed by atoms with Crippen LogP contribution in [0.25, 0.3) is 11.0 Å². The largest absolute Gasteiger partial charge is 0.343 e. The van der Waals surface area contributed by atoms with E-state index in [9.17, 15) is 0 Å². The van der Waals surface area contributed by atoms with Crippen molar-refractivity contribution in [2.75, 3.05) is 0 Å². The van der Waals surface area contributed by atoms with E-state index in [0.29, 0.717) is 14.7 Å². The number of benzene rings is 1. The van der Waals surface area contributed by atoms with Gasteiger partial charge in [-0.2, -0.15) is 0 Å². The topological polar surface area (TPSA) is 28.7 Å². The quantitative estimate of drug-likeness (QED) is 0.713. The Labute approximate surface area is 95.9 Å². The van der Waals surface area contributed by atoms with Crippen LogP contribution in [0.3, 0.4) is 0 Å². The van der Waals surface area contributed by atoms with Crippen molar-refractivity contribution in [2.24, 2.45) is 0 Å². The summed E-state index contributed by atoms with van der Waals surface area (Å²) in [7, 11) is 0. The van der Waals surface area contributed by atoms with Crippen LogP contribution in [0.15, 0.2) is 12.1 Å². The number of aromatic amines is 1. The van der Waals surface area contributed by atoms with Gasteiger partial charge >= 0.3 is 0 Å². The Balaban J connectivity index is 2.90. The Kier molecular flexibility index (Phi) is 2.47. The van der Waals surface area contributed by atoms with Crippen LogP contribution in [0.5, 0.6) is 0 Å². The molecule has 1 heterocycles. The third-order valence-corrected chi connectivity index (χ3v) is 3.02. The molecule has 0 aliphatic heterocycles. The molecule has 0 aliphatic carbocycles. The Morgan fingerprint density at radius 3 is 2.64 bits per heavy atom. The van der Waals surface area contributed by atoms with Gasteiger partial charge in [0.05, 0.1) is 26.8 Å². The first-order chi connectivity index (χ1) is 6.58. The molecule has 1 N–H and O–H groups in total. The van der Waals surface area contributed by atoms with Crippen molar-refractivity contribution in [1.82, 2.24) is 9.97 Å². The second-order valence-electron chi connectivity index (χ2n) is 2.93. The van der Waals surface area contributed by atoms with Crippen LogP contribution in [-0.4, -0.2) is 9.97 Å². The van der Waals surface area contributed by atoms with E-state index in [-0.39, 0.29) is 0 Å². The lowest BCUT2D eigenvalue weighted by atomic mass is 10.3. The first-order valence-corrected chi connectivity index (χ1v) is 5.10. The number of aromatic nitrogens is 2. The molecule has 0 saturated heterocycles. The molecule has 2 rings (SSSR count). The van der Waals surface area contributed by atoms with E-state index in [0.717, 1.165) is 16.7 Å². The molecule has 0 unspecified atom stereocenters. The fourth-order valence-corrected chi connectivity index (χ4v) is 1.65. The third-order valence-electron chi connectivity index (χ3n) is 1.90. The molecule has 1 aromatic carbocycles. The van der Waals surface area contributed by atoms with Gasteiger partial charge in [-0.15, -0.1) is 0 Å². The van der Waals surface area contributed by atoms with Crippen molar-refractivity contribution in [2.45, 2.75) is 6.92 Å². The molecular weight excluding hydrogens is 239 g/mol. The highest BCUT2D eigenvalue weighted by Gasteiger charge is 2.03. The van der Waals surface area contributed by atoms with Crippen LogP contribution in [0, 0.1) is 11.6 Å². The molecule has 14 heavy (non-hydrogen) atoms. The van der Waals surface area contributed by atoms with Crippen molar-refractivity contribution in [3.8, 4) is 0 Å².